The predicted octanol–water partition coefficient (Wildman–Crippen LogP) is 1.23. The Balaban J connectivity index is 1.53. The van der Waals surface area contributed by atoms with Crippen molar-refractivity contribution in [3.05, 3.63) is 21.4 Å². The van der Waals surface area contributed by atoms with Gasteiger partial charge in [-0.25, -0.2) is 0 Å². The van der Waals surface area contributed by atoms with E-state index in [0.717, 1.165) is 44.6 Å². The highest BCUT2D eigenvalue weighted by Crippen LogP contribution is 2.31. The fourth-order valence-corrected chi connectivity index (χ4v) is 5.11. The van der Waals surface area contributed by atoms with Crippen LogP contribution in [0.4, 0.5) is 0 Å². The zero-order valence-corrected chi connectivity index (χ0v) is 14.4. The molecule has 2 fully saturated rings. The molecule has 5 nitrogen and oxygen atoms in total. The van der Waals surface area contributed by atoms with Gasteiger partial charge >= 0.3 is 0 Å². The standard InChI is InChI=1S/C17H23N3O2S/c1-18-6-7-19-8-9-20(10-14(19)17(18)22)16(21)13-11-23-15-5-3-2-4-12(13)15/h11,14H,2-10H2,1H3/t14-/m1/s1. The summed E-state index contributed by atoms with van der Waals surface area (Å²) in [5.41, 5.74) is 2.18. The smallest absolute Gasteiger partial charge is 0.255 e. The molecule has 3 heterocycles. The van der Waals surface area contributed by atoms with Gasteiger partial charge in [0.1, 0.15) is 6.04 Å². The highest BCUT2D eigenvalue weighted by Gasteiger charge is 2.39. The van der Waals surface area contributed by atoms with Crippen LogP contribution in [0, 0.1) is 0 Å². The zero-order chi connectivity index (χ0) is 16.0. The van der Waals surface area contributed by atoms with Crippen LogP contribution < -0.4 is 0 Å². The SMILES string of the molecule is CN1CCN2CCN(C(=O)c3csc4c3CCCC4)C[C@@H]2C1=O. The van der Waals surface area contributed by atoms with Crippen LogP contribution in [0.25, 0.3) is 0 Å². The molecule has 1 aromatic heterocycles. The lowest BCUT2D eigenvalue weighted by Gasteiger charge is -2.45. The van der Waals surface area contributed by atoms with Crippen LogP contribution in [0.1, 0.15) is 33.6 Å². The minimum absolute atomic E-state index is 0.130. The summed E-state index contributed by atoms with van der Waals surface area (Å²) in [5, 5.41) is 2.04. The molecule has 3 aliphatic rings. The van der Waals surface area contributed by atoms with Gasteiger partial charge in [-0.3, -0.25) is 14.5 Å². The van der Waals surface area contributed by atoms with Gasteiger partial charge in [-0.15, -0.1) is 11.3 Å². The molecule has 0 unspecified atom stereocenters. The Bertz CT molecular complexity index is 642. The number of nitrogens with zero attached hydrogens (tertiary/aromatic N) is 3. The third-order valence-corrected chi connectivity index (χ3v) is 6.54. The van der Waals surface area contributed by atoms with Gasteiger partial charge in [0, 0.05) is 50.0 Å². The first kappa shape index (κ1) is 15.1. The molecule has 23 heavy (non-hydrogen) atoms. The van der Waals surface area contributed by atoms with E-state index >= 15 is 0 Å². The van der Waals surface area contributed by atoms with E-state index in [0.29, 0.717) is 6.54 Å². The summed E-state index contributed by atoms with van der Waals surface area (Å²) in [6.45, 7) is 3.79. The van der Waals surface area contributed by atoms with E-state index < -0.39 is 0 Å². The van der Waals surface area contributed by atoms with Crippen molar-refractivity contribution < 1.29 is 9.59 Å². The summed E-state index contributed by atoms with van der Waals surface area (Å²) in [6, 6.07) is -0.152. The number of fused-ring (bicyclic) bond motifs is 2. The van der Waals surface area contributed by atoms with Crippen molar-refractivity contribution in [2.24, 2.45) is 0 Å². The molecule has 0 spiro atoms. The lowest BCUT2D eigenvalue weighted by atomic mass is 9.95. The maximum absolute atomic E-state index is 13.0. The third kappa shape index (κ3) is 2.58. The fraction of sp³-hybridized carbons (Fsp3) is 0.647. The number of hydrogen-bond donors (Lipinski definition) is 0. The Morgan fingerprint density at radius 2 is 1.96 bits per heavy atom. The van der Waals surface area contributed by atoms with Gasteiger partial charge in [0.05, 0.1) is 5.56 Å². The van der Waals surface area contributed by atoms with Gasteiger partial charge in [0.25, 0.3) is 5.91 Å². The number of carbonyl (C=O) groups is 2. The number of thiophene rings is 1. The molecule has 0 saturated carbocycles. The van der Waals surface area contributed by atoms with Crippen LogP contribution in [-0.4, -0.2) is 72.3 Å². The molecular formula is C17H23N3O2S. The number of amides is 2. The monoisotopic (exact) mass is 333 g/mol. The maximum atomic E-state index is 13.0. The molecule has 4 rings (SSSR count). The molecule has 0 N–H and O–H groups in total. The van der Waals surface area contributed by atoms with E-state index in [-0.39, 0.29) is 17.9 Å². The van der Waals surface area contributed by atoms with Crippen molar-refractivity contribution in [1.29, 1.82) is 0 Å². The van der Waals surface area contributed by atoms with Crippen molar-refractivity contribution in [1.82, 2.24) is 14.7 Å². The Morgan fingerprint density at radius 1 is 1.17 bits per heavy atom. The summed E-state index contributed by atoms with van der Waals surface area (Å²) in [6.07, 6.45) is 4.57. The summed E-state index contributed by atoms with van der Waals surface area (Å²) in [7, 11) is 1.86. The lowest BCUT2D eigenvalue weighted by molar-refractivity contribution is -0.142. The van der Waals surface area contributed by atoms with Gasteiger partial charge in [0.2, 0.25) is 5.91 Å². The molecule has 0 radical (unpaired) electrons. The van der Waals surface area contributed by atoms with Crippen LogP contribution in [0.15, 0.2) is 5.38 Å². The molecule has 0 bridgehead atoms. The molecule has 1 aromatic rings. The number of likely N-dealkylation sites (N-methyl/N-ethyl adjacent to an activating group) is 1. The molecule has 2 aliphatic heterocycles. The van der Waals surface area contributed by atoms with Gasteiger partial charge in [-0.05, 0) is 31.2 Å². The first-order valence-corrected chi connectivity index (χ1v) is 9.40. The van der Waals surface area contributed by atoms with Crippen LogP contribution >= 0.6 is 11.3 Å². The fourth-order valence-electron chi connectivity index (χ4n) is 3.99. The predicted molar refractivity (Wildman–Crippen MR) is 89.9 cm³/mol. The number of piperazine rings is 2. The van der Waals surface area contributed by atoms with Crippen LogP contribution in [0.2, 0.25) is 0 Å². The Hall–Kier alpha value is -1.40. The second-order valence-electron chi connectivity index (χ2n) is 6.82. The van der Waals surface area contributed by atoms with Gasteiger partial charge < -0.3 is 9.80 Å². The average Bonchev–Trinajstić information content (AvgIpc) is 3.01. The second kappa shape index (κ2) is 5.91. The van der Waals surface area contributed by atoms with E-state index in [1.165, 1.54) is 23.3 Å². The Morgan fingerprint density at radius 3 is 2.83 bits per heavy atom. The van der Waals surface area contributed by atoms with Crippen molar-refractivity contribution in [3.63, 3.8) is 0 Å². The third-order valence-electron chi connectivity index (χ3n) is 5.45. The van der Waals surface area contributed by atoms with E-state index in [9.17, 15) is 9.59 Å². The summed E-state index contributed by atoms with van der Waals surface area (Å²) < 4.78 is 0. The molecule has 0 aromatic carbocycles. The van der Waals surface area contributed by atoms with Crippen LogP contribution in [0.5, 0.6) is 0 Å². The number of hydrogen-bond acceptors (Lipinski definition) is 4. The normalized spacial score (nSPS) is 25.3. The van der Waals surface area contributed by atoms with E-state index in [4.69, 9.17) is 0 Å². The molecule has 2 saturated heterocycles. The topological polar surface area (TPSA) is 43.9 Å². The number of carbonyl (C=O) groups excluding carboxylic acids is 2. The molecular weight excluding hydrogens is 310 g/mol. The maximum Gasteiger partial charge on any atom is 0.255 e. The molecule has 1 atom stereocenters. The van der Waals surface area contributed by atoms with E-state index in [1.54, 1.807) is 16.2 Å². The molecule has 1 aliphatic carbocycles. The molecule has 124 valence electrons. The van der Waals surface area contributed by atoms with Crippen LogP contribution in [0.3, 0.4) is 0 Å². The first-order valence-electron chi connectivity index (χ1n) is 8.52. The van der Waals surface area contributed by atoms with Gasteiger partial charge in [0.15, 0.2) is 0 Å². The minimum atomic E-state index is -0.152. The second-order valence-corrected chi connectivity index (χ2v) is 7.79. The van der Waals surface area contributed by atoms with Gasteiger partial charge in [-0.2, -0.15) is 0 Å². The summed E-state index contributed by atoms with van der Waals surface area (Å²) in [4.78, 5) is 32.7. The van der Waals surface area contributed by atoms with E-state index in [1.807, 2.05) is 17.3 Å². The Labute approximate surface area is 140 Å². The lowest BCUT2D eigenvalue weighted by Crippen LogP contribution is -2.64. The number of aryl methyl sites for hydroxylation is 1. The van der Waals surface area contributed by atoms with E-state index in [2.05, 4.69) is 4.90 Å². The average molecular weight is 333 g/mol. The van der Waals surface area contributed by atoms with Crippen molar-refractivity contribution in [2.75, 3.05) is 39.8 Å². The zero-order valence-electron chi connectivity index (χ0n) is 13.6. The summed E-state index contributed by atoms with van der Waals surface area (Å²) >= 11 is 1.73. The van der Waals surface area contributed by atoms with Crippen molar-refractivity contribution in [2.45, 2.75) is 31.7 Å². The van der Waals surface area contributed by atoms with Gasteiger partial charge in [-0.1, -0.05) is 0 Å². The van der Waals surface area contributed by atoms with Crippen molar-refractivity contribution >= 4 is 23.2 Å². The summed E-state index contributed by atoms with van der Waals surface area (Å²) in [5.74, 6) is 0.283. The van der Waals surface area contributed by atoms with Crippen LogP contribution in [-0.2, 0) is 17.6 Å². The minimum Gasteiger partial charge on any atom is -0.343 e. The highest BCUT2D eigenvalue weighted by molar-refractivity contribution is 7.10. The number of rotatable bonds is 1. The molecule has 2 amide bonds. The largest absolute Gasteiger partial charge is 0.343 e. The Kier molecular flexibility index (Phi) is 3.89. The molecule has 6 heteroatoms. The highest BCUT2D eigenvalue weighted by atomic mass is 32.1. The quantitative estimate of drug-likeness (QED) is 0.776. The van der Waals surface area contributed by atoms with Crippen molar-refractivity contribution in [3.8, 4) is 0 Å². The first-order chi connectivity index (χ1) is 11.1.